The molecule has 0 bridgehead atoms. The maximum atomic E-state index is 12.5. The van der Waals surface area contributed by atoms with Gasteiger partial charge in [0.25, 0.3) is 5.91 Å². The second kappa shape index (κ2) is 6.88. The number of aromatic nitrogens is 1. The summed E-state index contributed by atoms with van der Waals surface area (Å²) in [5.41, 5.74) is 0.460. The number of amides is 1. The molecule has 1 saturated heterocycles. The number of nitrogens with one attached hydrogen (secondary N) is 1. The van der Waals surface area contributed by atoms with E-state index >= 15 is 0 Å². The van der Waals surface area contributed by atoms with Crippen molar-refractivity contribution in [2.45, 2.75) is 13.0 Å². The SMILES string of the molecule is CCNc1cc(C(=O)N2CCOCC2CO)cc(Cl)n1. The lowest BCUT2D eigenvalue weighted by Gasteiger charge is -2.34. The third kappa shape index (κ3) is 3.39. The Morgan fingerprint density at radius 2 is 2.45 bits per heavy atom. The monoisotopic (exact) mass is 299 g/mol. The highest BCUT2D eigenvalue weighted by Gasteiger charge is 2.28. The Morgan fingerprint density at radius 3 is 3.15 bits per heavy atom. The molecule has 6 nitrogen and oxygen atoms in total. The van der Waals surface area contributed by atoms with E-state index in [1.807, 2.05) is 6.92 Å². The van der Waals surface area contributed by atoms with Gasteiger partial charge in [0.05, 0.1) is 25.9 Å². The molecular formula is C13H18ClN3O3. The number of aliphatic hydroxyl groups excluding tert-OH is 1. The van der Waals surface area contributed by atoms with Gasteiger partial charge in [0.1, 0.15) is 11.0 Å². The summed E-state index contributed by atoms with van der Waals surface area (Å²) in [6, 6.07) is 2.89. The summed E-state index contributed by atoms with van der Waals surface area (Å²) in [7, 11) is 0. The number of carbonyl (C=O) groups excluding carboxylic acids is 1. The molecule has 2 rings (SSSR count). The molecule has 110 valence electrons. The van der Waals surface area contributed by atoms with Crippen LogP contribution in [0.2, 0.25) is 5.15 Å². The van der Waals surface area contributed by atoms with Crippen molar-refractivity contribution in [3.05, 3.63) is 22.8 Å². The van der Waals surface area contributed by atoms with Crippen LogP contribution in [0.4, 0.5) is 5.82 Å². The fourth-order valence-electron chi connectivity index (χ4n) is 2.13. The molecule has 7 heteroatoms. The van der Waals surface area contributed by atoms with Gasteiger partial charge >= 0.3 is 0 Å². The average molecular weight is 300 g/mol. The maximum absolute atomic E-state index is 12.5. The molecule has 2 heterocycles. The van der Waals surface area contributed by atoms with Gasteiger partial charge in [0.15, 0.2) is 0 Å². The van der Waals surface area contributed by atoms with E-state index in [0.29, 0.717) is 37.7 Å². The van der Waals surface area contributed by atoms with Crippen LogP contribution in [0, 0.1) is 0 Å². The number of rotatable bonds is 4. The van der Waals surface area contributed by atoms with Crippen molar-refractivity contribution in [2.75, 3.05) is 38.2 Å². The van der Waals surface area contributed by atoms with Crippen molar-refractivity contribution in [2.24, 2.45) is 0 Å². The van der Waals surface area contributed by atoms with Crippen LogP contribution in [0.1, 0.15) is 17.3 Å². The highest BCUT2D eigenvalue weighted by Crippen LogP contribution is 2.18. The summed E-state index contributed by atoms with van der Waals surface area (Å²) in [6.45, 7) is 3.79. The second-order valence-corrected chi connectivity index (χ2v) is 4.89. The molecular weight excluding hydrogens is 282 g/mol. The zero-order chi connectivity index (χ0) is 14.5. The topological polar surface area (TPSA) is 74.7 Å². The predicted molar refractivity (Wildman–Crippen MR) is 76.1 cm³/mol. The summed E-state index contributed by atoms with van der Waals surface area (Å²) in [5, 5.41) is 12.6. The minimum atomic E-state index is -0.314. The Hall–Kier alpha value is -1.37. The Bertz CT molecular complexity index is 484. The molecule has 0 aromatic carbocycles. The van der Waals surface area contributed by atoms with Crippen LogP contribution >= 0.6 is 11.6 Å². The molecule has 0 aliphatic carbocycles. The minimum Gasteiger partial charge on any atom is -0.394 e. The number of ether oxygens (including phenoxy) is 1. The van der Waals surface area contributed by atoms with Crippen molar-refractivity contribution < 1.29 is 14.6 Å². The van der Waals surface area contributed by atoms with Crippen LogP contribution in [-0.4, -0.2) is 59.8 Å². The van der Waals surface area contributed by atoms with Crippen molar-refractivity contribution in [3.63, 3.8) is 0 Å². The van der Waals surface area contributed by atoms with Gasteiger partial charge in [-0.05, 0) is 19.1 Å². The van der Waals surface area contributed by atoms with Crippen molar-refractivity contribution in [1.82, 2.24) is 9.88 Å². The van der Waals surface area contributed by atoms with Crippen molar-refractivity contribution >= 4 is 23.3 Å². The van der Waals surface area contributed by atoms with E-state index in [4.69, 9.17) is 16.3 Å². The molecule has 1 amide bonds. The first-order valence-electron chi connectivity index (χ1n) is 6.56. The number of carbonyl (C=O) groups is 1. The minimum absolute atomic E-state index is 0.120. The standard InChI is InChI=1S/C13H18ClN3O3/c1-2-15-12-6-9(5-11(14)16-12)13(19)17-3-4-20-8-10(17)7-18/h5-6,10,18H,2-4,7-8H2,1H3,(H,15,16). The molecule has 1 aromatic rings. The van der Waals surface area contributed by atoms with Gasteiger partial charge in [0.2, 0.25) is 0 Å². The molecule has 0 spiro atoms. The summed E-state index contributed by atoms with van der Waals surface area (Å²) >= 11 is 5.94. The number of hydrogen-bond acceptors (Lipinski definition) is 5. The van der Waals surface area contributed by atoms with Crippen molar-refractivity contribution in [1.29, 1.82) is 0 Å². The van der Waals surface area contributed by atoms with E-state index in [0.717, 1.165) is 0 Å². The van der Waals surface area contributed by atoms with Crippen molar-refractivity contribution in [3.8, 4) is 0 Å². The van der Waals surface area contributed by atoms with Gasteiger partial charge in [-0.15, -0.1) is 0 Å². The van der Waals surface area contributed by atoms with Crippen LogP contribution in [0.15, 0.2) is 12.1 Å². The number of halogens is 1. The van der Waals surface area contributed by atoms with E-state index < -0.39 is 0 Å². The smallest absolute Gasteiger partial charge is 0.254 e. The average Bonchev–Trinajstić information content (AvgIpc) is 2.46. The van der Waals surface area contributed by atoms with E-state index in [1.165, 1.54) is 6.07 Å². The third-order valence-electron chi connectivity index (χ3n) is 3.10. The van der Waals surface area contributed by atoms with Crippen LogP contribution in [0.25, 0.3) is 0 Å². The second-order valence-electron chi connectivity index (χ2n) is 4.50. The van der Waals surface area contributed by atoms with Gasteiger partial charge < -0.3 is 20.1 Å². The molecule has 1 aliphatic heterocycles. The molecule has 1 unspecified atom stereocenters. The number of pyridine rings is 1. The predicted octanol–water partition coefficient (Wildman–Crippen LogP) is 1.00. The van der Waals surface area contributed by atoms with Gasteiger partial charge in [-0.2, -0.15) is 0 Å². The fourth-order valence-corrected chi connectivity index (χ4v) is 2.34. The van der Waals surface area contributed by atoms with Gasteiger partial charge in [0, 0.05) is 18.7 Å². The third-order valence-corrected chi connectivity index (χ3v) is 3.29. The highest BCUT2D eigenvalue weighted by molar-refractivity contribution is 6.29. The number of aliphatic hydroxyl groups is 1. The summed E-state index contributed by atoms with van der Waals surface area (Å²) < 4.78 is 5.27. The largest absolute Gasteiger partial charge is 0.394 e. The first kappa shape index (κ1) is 15.0. The quantitative estimate of drug-likeness (QED) is 0.811. The Labute approximate surface area is 122 Å². The Morgan fingerprint density at radius 1 is 1.65 bits per heavy atom. The van der Waals surface area contributed by atoms with Crippen LogP contribution in [0.5, 0.6) is 0 Å². The maximum Gasteiger partial charge on any atom is 0.254 e. The van der Waals surface area contributed by atoms with Crippen LogP contribution in [-0.2, 0) is 4.74 Å². The Kier molecular flexibility index (Phi) is 5.17. The molecule has 1 fully saturated rings. The van der Waals surface area contributed by atoms with E-state index in [-0.39, 0.29) is 23.7 Å². The lowest BCUT2D eigenvalue weighted by atomic mass is 10.1. The van der Waals surface area contributed by atoms with E-state index in [1.54, 1.807) is 11.0 Å². The molecule has 2 N–H and O–H groups in total. The van der Waals surface area contributed by atoms with Crippen LogP contribution in [0.3, 0.4) is 0 Å². The van der Waals surface area contributed by atoms with Gasteiger partial charge in [-0.1, -0.05) is 11.6 Å². The first-order valence-corrected chi connectivity index (χ1v) is 6.94. The molecule has 1 aliphatic rings. The van der Waals surface area contributed by atoms with Gasteiger partial charge in [-0.25, -0.2) is 4.98 Å². The van der Waals surface area contributed by atoms with E-state index in [9.17, 15) is 9.90 Å². The van der Waals surface area contributed by atoms with Gasteiger partial charge in [-0.3, -0.25) is 4.79 Å². The summed E-state index contributed by atoms with van der Waals surface area (Å²) in [6.07, 6.45) is 0. The highest BCUT2D eigenvalue weighted by atomic mass is 35.5. The number of anilines is 1. The number of hydrogen-bond donors (Lipinski definition) is 2. The number of morpholine rings is 1. The van der Waals surface area contributed by atoms with E-state index in [2.05, 4.69) is 10.3 Å². The fraction of sp³-hybridized carbons (Fsp3) is 0.538. The zero-order valence-corrected chi connectivity index (χ0v) is 12.1. The lowest BCUT2D eigenvalue weighted by molar-refractivity contribution is -0.0183. The first-order chi connectivity index (χ1) is 9.65. The lowest BCUT2D eigenvalue weighted by Crippen LogP contribution is -2.50. The zero-order valence-electron chi connectivity index (χ0n) is 11.3. The molecule has 0 saturated carbocycles. The molecule has 0 radical (unpaired) electrons. The summed E-state index contributed by atoms with van der Waals surface area (Å²) in [5.74, 6) is 0.396. The normalized spacial score (nSPS) is 18.9. The molecule has 1 aromatic heterocycles. The number of nitrogens with zero attached hydrogens (tertiary/aromatic N) is 2. The Balaban J connectivity index is 2.23. The van der Waals surface area contributed by atoms with Crippen LogP contribution < -0.4 is 5.32 Å². The molecule has 1 atom stereocenters. The summed E-state index contributed by atoms with van der Waals surface area (Å²) in [4.78, 5) is 18.2. The molecule has 20 heavy (non-hydrogen) atoms.